The number of hydrogen-bond donors (Lipinski definition) is 1. The van der Waals surface area contributed by atoms with Crippen LogP contribution >= 0.6 is 7.60 Å². The first kappa shape index (κ1) is 13.1. The molecule has 0 aromatic rings. The molecule has 0 amide bonds. The molecule has 0 heterocycles. The molecule has 0 rings (SSSR count). The molecule has 0 fully saturated rings. The lowest BCUT2D eigenvalue weighted by Crippen LogP contribution is -2.33. The second-order valence-corrected chi connectivity index (χ2v) is 5.70. The fourth-order valence-corrected chi connectivity index (χ4v) is 2.38. The molecule has 0 aliphatic heterocycles. The van der Waals surface area contributed by atoms with Gasteiger partial charge < -0.3 is 14.8 Å². The molecule has 0 aromatic heterocycles. The van der Waals surface area contributed by atoms with Crippen molar-refractivity contribution in [3.8, 4) is 0 Å². The lowest BCUT2D eigenvalue weighted by molar-refractivity contribution is 0.0878. The van der Waals surface area contributed by atoms with E-state index in [1.807, 2.05) is 0 Å². The summed E-state index contributed by atoms with van der Waals surface area (Å²) in [7, 11) is -2.92. The highest BCUT2D eigenvalue weighted by atomic mass is 31.2. The van der Waals surface area contributed by atoms with Crippen LogP contribution in [-0.2, 0) is 13.6 Å². The Hall–Kier alpha value is 0.110. The standard InChI is InChI=1S/C8H20NO3P/c1-5-11-13(10,6-2)12-8(3,4)7-9/h5-7,9H2,1-4H3. The molecule has 5 heteroatoms. The van der Waals surface area contributed by atoms with Crippen LogP contribution in [-0.4, -0.2) is 24.9 Å². The SMILES string of the molecule is CCOP(=O)(CC)OC(C)(C)CN. The summed E-state index contributed by atoms with van der Waals surface area (Å²) in [4.78, 5) is 0. The van der Waals surface area contributed by atoms with E-state index in [9.17, 15) is 4.57 Å². The third-order valence-corrected chi connectivity index (χ3v) is 3.79. The second-order valence-electron chi connectivity index (χ2n) is 3.40. The van der Waals surface area contributed by atoms with Crippen LogP contribution < -0.4 is 5.73 Å². The van der Waals surface area contributed by atoms with Crippen LogP contribution in [0.1, 0.15) is 27.7 Å². The first-order valence-corrected chi connectivity index (χ1v) is 6.26. The smallest absolute Gasteiger partial charge is 0.328 e. The van der Waals surface area contributed by atoms with Crippen LogP contribution in [0.3, 0.4) is 0 Å². The van der Waals surface area contributed by atoms with Gasteiger partial charge in [-0.05, 0) is 20.8 Å². The Bertz CT molecular complexity index is 194. The second kappa shape index (κ2) is 5.11. The maximum atomic E-state index is 11.9. The van der Waals surface area contributed by atoms with Gasteiger partial charge in [0.25, 0.3) is 0 Å². The van der Waals surface area contributed by atoms with E-state index in [1.165, 1.54) is 0 Å². The molecule has 0 spiro atoms. The Balaban J connectivity index is 4.35. The van der Waals surface area contributed by atoms with Crippen molar-refractivity contribution in [2.75, 3.05) is 19.3 Å². The summed E-state index contributed by atoms with van der Waals surface area (Å²) in [6, 6.07) is 0. The van der Waals surface area contributed by atoms with Gasteiger partial charge in [-0.3, -0.25) is 4.57 Å². The van der Waals surface area contributed by atoms with Crippen LogP contribution in [0.25, 0.3) is 0 Å². The summed E-state index contributed by atoms with van der Waals surface area (Å²) in [5.74, 6) is 0. The third-order valence-electron chi connectivity index (χ3n) is 1.59. The predicted octanol–water partition coefficient (Wildman–Crippen LogP) is 1.99. The van der Waals surface area contributed by atoms with Crippen molar-refractivity contribution in [3.63, 3.8) is 0 Å². The van der Waals surface area contributed by atoms with Gasteiger partial charge in [0, 0.05) is 12.7 Å². The van der Waals surface area contributed by atoms with E-state index in [0.29, 0.717) is 19.3 Å². The van der Waals surface area contributed by atoms with Gasteiger partial charge in [-0.25, -0.2) is 0 Å². The van der Waals surface area contributed by atoms with E-state index in [2.05, 4.69) is 0 Å². The van der Waals surface area contributed by atoms with Crippen molar-refractivity contribution in [1.29, 1.82) is 0 Å². The topological polar surface area (TPSA) is 61.5 Å². The molecule has 1 unspecified atom stereocenters. The first-order valence-electron chi connectivity index (χ1n) is 4.53. The van der Waals surface area contributed by atoms with Crippen LogP contribution in [0.5, 0.6) is 0 Å². The molecule has 0 saturated carbocycles. The fraction of sp³-hybridized carbons (Fsp3) is 1.00. The highest BCUT2D eigenvalue weighted by Gasteiger charge is 2.30. The lowest BCUT2D eigenvalue weighted by Gasteiger charge is -2.28. The minimum absolute atomic E-state index is 0.323. The number of nitrogens with two attached hydrogens (primary N) is 1. The third kappa shape index (κ3) is 4.77. The largest absolute Gasteiger partial charge is 0.330 e. The maximum Gasteiger partial charge on any atom is 0.330 e. The Kier molecular flexibility index (Phi) is 5.15. The number of rotatable bonds is 6. The molecule has 0 aliphatic carbocycles. The van der Waals surface area contributed by atoms with Crippen LogP contribution in [0.15, 0.2) is 0 Å². The van der Waals surface area contributed by atoms with Crippen molar-refractivity contribution in [3.05, 3.63) is 0 Å². The summed E-state index contributed by atoms with van der Waals surface area (Å²) in [6.45, 7) is 7.89. The highest BCUT2D eigenvalue weighted by molar-refractivity contribution is 7.53. The molecule has 0 radical (unpaired) electrons. The fourth-order valence-electron chi connectivity index (χ4n) is 0.793. The number of hydrogen-bond acceptors (Lipinski definition) is 4. The van der Waals surface area contributed by atoms with Gasteiger partial charge in [0.05, 0.1) is 12.2 Å². The molecule has 0 aromatic carbocycles. The normalized spacial score (nSPS) is 17.0. The summed E-state index contributed by atoms with van der Waals surface area (Å²) >= 11 is 0. The minimum Gasteiger partial charge on any atom is -0.328 e. The van der Waals surface area contributed by atoms with Crippen molar-refractivity contribution in [2.24, 2.45) is 5.73 Å². The Morgan fingerprint density at radius 2 is 1.92 bits per heavy atom. The zero-order chi connectivity index (χ0) is 10.5. The molecule has 0 bridgehead atoms. The molecule has 80 valence electrons. The van der Waals surface area contributed by atoms with Crippen LogP contribution in [0.2, 0.25) is 0 Å². The van der Waals surface area contributed by atoms with Crippen LogP contribution in [0.4, 0.5) is 0 Å². The van der Waals surface area contributed by atoms with E-state index in [1.54, 1.807) is 27.7 Å². The van der Waals surface area contributed by atoms with Gasteiger partial charge in [0.2, 0.25) is 0 Å². The highest BCUT2D eigenvalue weighted by Crippen LogP contribution is 2.50. The molecule has 4 nitrogen and oxygen atoms in total. The van der Waals surface area contributed by atoms with Gasteiger partial charge in [-0.15, -0.1) is 0 Å². The van der Waals surface area contributed by atoms with Gasteiger partial charge in [0.1, 0.15) is 0 Å². The Morgan fingerprint density at radius 3 is 2.23 bits per heavy atom. The summed E-state index contributed by atoms with van der Waals surface area (Å²) < 4.78 is 22.3. The average Bonchev–Trinajstić information content (AvgIpc) is 2.04. The van der Waals surface area contributed by atoms with E-state index >= 15 is 0 Å². The quantitative estimate of drug-likeness (QED) is 0.679. The van der Waals surface area contributed by atoms with Gasteiger partial charge in [-0.2, -0.15) is 0 Å². The molecule has 13 heavy (non-hydrogen) atoms. The van der Waals surface area contributed by atoms with Crippen molar-refractivity contribution < 1.29 is 13.6 Å². The van der Waals surface area contributed by atoms with E-state index < -0.39 is 13.2 Å². The Morgan fingerprint density at radius 1 is 1.38 bits per heavy atom. The van der Waals surface area contributed by atoms with Crippen LogP contribution in [0, 0.1) is 0 Å². The monoisotopic (exact) mass is 209 g/mol. The maximum absolute atomic E-state index is 11.9. The van der Waals surface area contributed by atoms with Crippen molar-refractivity contribution in [1.82, 2.24) is 0 Å². The van der Waals surface area contributed by atoms with E-state index in [4.69, 9.17) is 14.8 Å². The zero-order valence-electron chi connectivity index (χ0n) is 8.87. The van der Waals surface area contributed by atoms with Gasteiger partial charge >= 0.3 is 7.60 Å². The summed E-state index contributed by atoms with van der Waals surface area (Å²) in [5.41, 5.74) is 4.88. The predicted molar refractivity (Wildman–Crippen MR) is 54.0 cm³/mol. The van der Waals surface area contributed by atoms with Gasteiger partial charge in [-0.1, -0.05) is 6.92 Å². The molecular weight excluding hydrogens is 189 g/mol. The first-order chi connectivity index (χ1) is 5.89. The molecule has 0 aliphatic rings. The van der Waals surface area contributed by atoms with Crippen molar-refractivity contribution >= 4 is 7.60 Å². The minimum atomic E-state index is -2.92. The lowest BCUT2D eigenvalue weighted by atomic mass is 10.1. The molecule has 2 N–H and O–H groups in total. The summed E-state index contributed by atoms with van der Waals surface area (Å²) in [5, 5.41) is 0. The molecule has 1 atom stereocenters. The van der Waals surface area contributed by atoms with Crippen molar-refractivity contribution in [2.45, 2.75) is 33.3 Å². The molecule has 0 saturated heterocycles. The molecular formula is C8H20NO3P. The van der Waals surface area contributed by atoms with E-state index in [-0.39, 0.29) is 0 Å². The van der Waals surface area contributed by atoms with E-state index in [0.717, 1.165) is 0 Å². The summed E-state index contributed by atoms with van der Waals surface area (Å²) in [6.07, 6.45) is 0.379. The Labute approximate surface area is 80.3 Å². The average molecular weight is 209 g/mol. The zero-order valence-corrected chi connectivity index (χ0v) is 9.77. The van der Waals surface area contributed by atoms with Gasteiger partial charge in [0.15, 0.2) is 0 Å².